The summed E-state index contributed by atoms with van der Waals surface area (Å²) in [6.45, 7) is 2.77. The van der Waals surface area contributed by atoms with Crippen LogP contribution in [-0.2, 0) is 13.0 Å². The Morgan fingerprint density at radius 1 is 1.24 bits per heavy atom. The quantitative estimate of drug-likeness (QED) is 0.422. The first-order chi connectivity index (χ1) is 14.1. The SMILES string of the molecule is CC(CCc1ccc2[nH]ccc2c1)NC1CCn2c(=O)[nH]c3cccc(c32)C1O. The topological polar surface area (TPSA) is 85.8 Å². The van der Waals surface area contributed by atoms with Gasteiger partial charge in [-0.2, -0.15) is 0 Å². The van der Waals surface area contributed by atoms with Gasteiger partial charge in [-0.05, 0) is 61.4 Å². The van der Waals surface area contributed by atoms with Crippen molar-refractivity contribution in [2.45, 2.75) is 50.9 Å². The van der Waals surface area contributed by atoms with Crippen molar-refractivity contribution in [3.05, 3.63) is 70.3 Å². The summed E-state index contributed by atoms with van der Waals surface area (Å²) in [7, 11) is 0. The van der Waals surface area contributed by atoms with E-state index in [2.05, 4.69) is 46.5 Å². The minimum absolute atomic E-state index is 0.0814. The molecular weight excluding hydrogens is 364 g/mol. The van der Waals surface area contributed by atoms with Gasteiger partial charge >= 0.3 is 5.69 Å². The van der Waals surface area contributed by atoms with Crippen LogP contribution >= 0.6 is 0 Å². The number of nitrogens with zero attached hydrogens (tertiary/aromatic N) is 1. The predicted octanol–water partition coefficient (Wildman–Crippen LogP) is 3.23. The summed E-state index contributed by atoms with van der Waals surface area (Å²) in [6.07, 6.45) is 4.00. The Balaban J connectivity index is 1.29. The molecule has 0 saturated heterocycles. The van der Waals surface area contributed by atoms with Crippen molar-refractivity contribution in [3.63, 3.8) is 0 Å². The number of benzene rings is 2. The van der Waals surface area contributed by atoms with Gasteiger partial charge in [-0.1, -0.05) is 18.2 Å². The molecule has 0 radical (unpaired) electrons. The van der Waals surface area contributed by atoms with Crippen molar-refractivity contribution in [1.82, 2.24) is 19.9 Å². The normalized spacial score (nSPS) is 20.2. The number of aromatic nitrogens is 3. The maximum atomic E-state index is 12.3. The standard InChI is InChI=1S/C23H26N4O2/c1-14(5-6-15-7-8-18-16(13-15)9-11-24-18)25-20-10-12-27-21-17(22(20)28)3-2-4-19(21)26-23(27)29/h2-4,7-9,11,13-14,20,22,24-25,28H,5-6,10,12H2,1H3,(H,26,29). The van der Waals surface area contributed by atoms with E-state index in [1.807, 2.05) is 24.4 Å². The van der Waals surface area contributed by atoms with Crippen molar-refractivity contribution in [2.24, 2.45) is 0 Å². The van der Waals surface area contributed by atoms with Crippen LogP contribution in [0.2, 0.25) is 0 Å². The van der Waals surface area contributed by atoms with Gasteiger partial charge in [0.2, 0.25) is 0 Å². The summed E-state index contributed by atoms with van der Waals surface area (Å²) in [5.41, 5.74) is 4.82. The van der Waals surface area contributed by atoms with Gasteiger partial charge < -0.3 is 20.4 Å². The van der Waals surface area contributed by atoms with Crippen LogP contribution in [0.4, 0.5) is 0 Å². The lowest BCUT2D eigenvalue weighted by Crippen LogP contribution is -2.41. The van der Waals surface area contributed by atoms with Crippen molar-refractivity contribution in [2.75, 3.05) is 0 Å². The Morgan fingerprint density at radius 2 is 2.14 bits per heavy atom. The van der Waals surface area contributed by atoms with Crippen molar-refractivity contribution >= 4 is 21.9 Å². The third kappa shape index (κ3) is 3.28. The van der Waals surface area contributed by atoms with E-state index in [1.165, 1.54) is 10.9 Å². The number of para-hydroxylation sites is 1. The van der Waals surface area contributed by atoms with Crippen molar-refractivity contribution < 1.29 is 5.11 Å². The molecule has 3 atom stereocenters. The monoisotopic (exact) mass is 390 g/mol. The molecule has 0 saturated carbocycles. The minimum atomic E-state index is -0.638. The molecule has 6 heteroatoms. The molecule has 1 aliphatic rings. The van der Waals surface area contributed by atoms with Gasteiger partial charge in [-0.3, -0.25) is 4.57 Å². The van der Waals surface area contributed by atoms with Crippen LogP contribution in [0, 0.1) is 0 Å². The van der Waals surface area contributed by atoms with Gasteiger partial charge in [0.25, 0.3) is 0 Å². The molecule has 0 bridgehead atoms. The van der Waals surface area contributed by atoms with Gasteiger partial charge in [-0.15, -0.1) is 0 Å². The van der Waals surface area contributed by atoms with E-state index in [0.29, 0.717) is 13.0 Å². The lowest BCUT2D eigenvalue weighted by molar-refractivity contribution is 0.119. The molecule has 1 aliphatic heterocycles. The summed E-state index contributed by atoms with van der Waals surface area (Å²) in [5, 5.41) is 15.9. The van der Waals surface area contributed by atoms with Gasteiger partial charge in [0.1, 0.15) is 0 Å². The Labute approximate surface area is 168 Å². The van der Waals surface area contributed by atoms with E-state index >= 15 is 0 Å². The maximum Gasteiger partial charge on any atom is 0.326 e. The molecule has 2 aromatic carbocycles. The molecule has 3 heterocycles. The Bertz CT molecular complexity index is 1220. The van der Waals surface area contributed by atoms with E-state index in [0.717, 1.165) is 35.0 Å². The second-order valence-corrected chi connectivity index (χ2v) is 8.17. The zero-order chi connectivity index (χ0) is 20.0. The predicted molar refractivity (Wildman–Crippen MR) is 115 cm³/mol. The average Bonchev–Trinajstić information content (AvgIpc) is 3.28. The number of H-pyrrole nitrogens is 2. The van der Waals surface area contributed by atoms with E-state index in [9.17, 15) is 9.90 Å². The van der Waals surface area contributed by atoms with Crippen LogP contribution in [0.5, 0.6) is 0 Å². The van der Waals surface area contributed by atoms with Gasteiger partial charge in [-0.25, -0.2) is 4.79 Å². The third-order valence-corrected chi connectivity index (χ3v) is 6.17. The van der Waals surface area contributed by atoms with Crippen LogP contribution in [0.15, 0.2) is 53.5 Å². The fourth-order valence-corrected chi connectivity index (χ4v) is 4.61. The Kier molecular flexibility index (Phi) is 4.53. The minimum Gasteiger partial charge on any atom is -0.387 e. The number of hydrogen-bond donors (Lipinski definition) is 4. The molecule has 0 aliphatic carbocycles. The average molecular weight is 390 g/mol. The van der Waals surface area contributed by atoms with Crippen LogP contribution < -0.4 is 11.0 Å². The summed E-state index contributed by atoms with van der Waals surface area (Å²) >= 11 is 0. The Hall–Kier alpha value is -2.83. The second kappa shape index (κ2) is 7.21. The number of rotatable bonds is 5. The molecule has 5 rings (SSSR count). The number of aryl methyl sites for hydroxylation is 2. The summed E-state index contributed by atoms with van der Waals surface area (Å²) < 4.78 is 1.76. The van der Waals surface area contributed by atoms with Crippen LogP contribution in [-0.4, -0.2) is 31.7 Å². The highest BCUT2D eigenvalue weighted by atomic mass is 16.3. The first-order valence-electron chi connectivity index (χ1n) is 10.3. The smallest absolute Gasteiger partial charge is 0.326 e. The van der Waals surface area contributed by atoms with E-state index in [4.69, 9.17) is 0 Å². The number of fused-ring (bicyclic) bond motifs is 1. The lowest BCUT2D eigenvalue weighted by Gasteiger charge is -2.26. The Morgan fingerprint density at radius 3 is 3.03 bits per heavy atom. The third-order valence-electron chi connectivity index (χ3n) is 6.17. The fourth-order valence-electron chi connectivity index (χ4n) is 4.61. The van der Waals surface area contributed by atoms with Crippen LogP contribution in [0.25, 0.3) is 21.9 Å². The largest absolute Gasteiger partial charge is 0.387 e. The highest BCUT2D eigenvalue weighted by Crippen LogP contribution is 2.30. The molecular formula is C23H26N4O2. The molecule has 2 aromatic heterocycles. The molecule has 3 unspecified atom stereocenters. The molecule has 29 heavy (non-hydrogen) atoms. The van der Waals surface area contributed by atoms with E-state index < -0.39 is 6.10 Å². The highest BCUT2D eigenvalue weighted by molar-refractivity contribution is 5.80. The lowest BCUT2D eigenvalue weighted by atomic mass is 9.98. The molecule has 150 valence electrons. The second-order valence-electron chi connectivity index (χ2n) is 8.17. The highest BCUT2D eigenvalue weighted by Gasteiger charge is 2.29. The maximum absolute atomic E-state index is 12.3. The van der Waals surface area contributed by atoms with Gasteiger partial charge in [0.05, 0.1) is 17.1 Å². The summed E-state index contributed by atoms with van der Waals surface area (Å²) in [6, 6.07) is 14.5. The van der Waals surface area contributed by atoms with Crippen molar-refractivity contribution in [3.8, 4) is 0 Å². The first kappa shape index (κ1) is 18.2. The van der Waals surface area contributed by atoms with Gasteiger partial charge in [0.15, 0.2) is 0 Å². The summed E-state index contributed by atoms with van der Waals surface area (Å²) in [5.74, 6) is 0. The number of aromatic amines is 2. The molecule has 0 amide bonds. The van der Waals surface area contributed by atoms with E-state index in [1.54, 1.807) is 4.57 Å². The number of nitrogens with one attached hydrogen (secondary N) is 3. The van der Waals surface area contributed by atoms with Crippen molar-refractivity contribution in [1.29, 1.82) is 0 Å². The van der Waals surface area contributed by atoms with E-state index in [-0.39, 0.29) is 17.8 Å². The van der Waals surface area contributed by atoms with Crippen LogP contribution in [0.1, 0.15) is 37.0 Å². The molecule has 0 fully saturated rings. The fraction of sp³-hybridized carbons (Fsp3) is 0.348. The number of imidazole rings is 1. The van der Waals surface area contributed by atoms with Gasteiger partial charge in [0, 0.05) is 35.9 Å². The summed E-state index contributed by atoms with van der Waals surface area (Å²) in [4.78, 5) is 18.4. The number of aliphatic hydroxyl groups is 1. The number of aliphatic hydroxyl groups excluding tert-OH is 1. The zero-order valence-corrected chi connectivity index (χ0v) is 16.5. The number of hydrogen-bond acceptors (Lipinski definition) is 3. The first-order valence-corrected chi connectivity index (χ1v) is 10.3. The molecule has 4 N–H and O–H groups in total. The molecule has 6 nitrogen and oxygen atoms in total. The molecule has 0 spiro atoms. The zero-order valence-electron chi connectivity index (χ0n) is 16.5. The van der Waals surface area contributed by atoms with Crippen LogP contribution in [0.3, 0.4) is 0 Å². The molecule has 4 aromatic rings.